The van der Waals surface area contributed by atoms with E-state index in [2.05, 4.69) is 4.98 Å². The van der Waals surface area contributed by atoms with E-state index < -0.39 is 0 Å². The molecular weight excluding hydrogens is 413 g/mol. The van der Waals surface area contributed by atoms with Gasteiger partial charge in [0.15, 0.2) is 0 Å². The van der Waals surface area contributed by atoms with E-state index in [1.807, 2.05) is 41.5 Å². The van der Waals surface area contributed by atoms with Crippen molar-refractivity contribution in [2.75, 3.05) is 13.1 Å². The highest BCUT2D eigenvalue weighted by atomic mass is 32.1. The Hall–Kier alpha value is -3.32. The molecule has 0 fully saturated rings. The van der Waals surface area contributed by atoms with Crippen molar-refractivity contribution in [2.45, 2.75) is 19.9 Å². The summed E-state index contributed by atoms with van der Waals surface area (Å²) in [5.41, 5.74) is 2.70. The lowest BCUT2D eigenvalue weighted by Gasteiger charge is -2.24. The van der Waals surface area contributed by atoms with Crippen molar-refractivity contribution in [1.29, 1.82) is 0 Å². The maximum Gasteiger partial charge on any atom is 0.278 e. The van der Waals surface area contributed by atoms with Crippen LogP contribution in [0.15, 0.2) is 72.0 Å². The van der Waals surface area contributed by atoms with Gasteiger partial charge in [-0.25, -0.2) is 4.39 Å². The summed E-state index contributed by atoms with van der Waals surface area (Å²) >= 11 is 1.44. The molecule has 5 nitrogen and oxygen atoms in total. The molecule has 0 saturated carbocycles. The molecule has 1 aliphatic rings. The molecule has 2 amide bonds. The number of halogens is 1. The smallest absolute Gasteiger partial charge is 0.278 e. The van der Waals surface area contributed by atoms with Gasteiger partial charge in [0.2, 0.25) is 0 Å². The third-order valence-electron chi connectivity index (χ3n) is 5.28. The van der Waals surface area contributed by atoms with Crippen LogP contribution in [0.4, 0.5) is 4.39 Å². The molecule has 2 aromatic heterocycles. The summed E-state index contributed by atoms with van der Waals surface area (Å²) in [6.07, 6.45) is 4.23. The van der Waals surface area contributed by atoms with E-state index >= 15 is 0 Å². The largest absolute Gasteiger partial charge is 0.366 e. The third-order valence-corrected chi connectivity index (χ3v) is 6.17. The van der Waals surface area contributed by atoms with Crippen molar-refractivity contribution in [3.8, 4) is 0 Å². The molecule has 0 bridgehead atoms. The minimum absolute atomic E-state index is 0.109. The van der Waals surface area contributed by atoms with Gasteiger partial charge in [-0.05, 0) is 60.2 Å². The number of thiophene rings is 1. The number of rotatable bonds is 8. The Bertz CT molecular complexity index is 1100. The molecule has 0 radical (unpaired) electrons. The Balaban J connectivity index is 1.64. The standard InChI is InChI=1S/C24H22FN3O2S/c1-2-27(14-11-17-9-12-26-13-10-17)22-21(20-4-3-15-31-20)23(29)28(24(22)30)16-18-5-7-19(25)8-6-18/h3-10,12-13,15H,2,11,14,16H2,1H3. The number of carbonyl (C=O) groups is 2. The highest BCUT2D eigenvalue weighted by Gasteiger charge is 2.41. The average Bonchev–Trinajstić information content (AvgIpc) is 3.39. The number of amides is 2. The van der Waals surface area contributed by atoms with E-state index in [1.165, 1.54) is 28.4 Å². The summed E-state index contributed by atoms with van der Waals surface area (Å²) in [6, 6.07) is 13.5. The molecular formula is C24H22FN3O2S. The molecule has 0 aliphatic carbocycles. The second-order valence-corrected chi connectivity index (χ2v) is 8.16. The first-order valence-electron chi connectivity index (χ1n) is 10.1. The normalized spacial score (nSPS) is 13.9. The number of nitrogens with zero attached hydrogens (tertiary/aromatic N) is 3. The Kier molecular flexibility index (Phi) is 6.23. The topological polar surface area (TPSA) is 53.5 Å². The molecule has 0 saturated heterocycles. The average molecular weight is 436 g/mol. The zero-order valence-corrected chi connectivity index (χ0v) is 17.9. The summed E-state index contributed by atoms with van der Waals surface area (Å²) < 4.78 is 13.3. The van der Waals surface area contributed by atoms with Crippen LogP contribution in [0.1, 0.15) is 22.9 Å². The van der Waals surface area contributed by atoms with Crippen molar-refractivity contribution < 1.29 is 14.0 Å². The van der Waals surface area contributed by atoms with E-state index in [-0.39, 0.29) is 24.2 Å². The predicted molar refractivity (Wildman–Crippen MR) is 118 cm³/mol. The molecule has 0 N–H and O–H groups in total. The minimum atomic E-state index is -0.353. The quantitative estimate of drug-likeness (QED) is 0.500. The second kappa shape index (κ2) is 9.22. The summed E-state index contributed by atoms with van der Waals surface area (Å²) in [7, 11) is 0. The van der Waals surface area contributed by atoms with Gasteiger partial charge in [0.05, 0.1) is 12.1 Å². The van der Waals surface area contributed by atoms with E-state index in [1.54, 1.807) is 24.5 Å². The van der Waals surface area contributed by atoms with Crippen molar-refractivity contribution >= 4 is 28.7 Å². The number of hydrogen-bond acceptors (Lipinski definition) is 5. The molecule has 7 heteroatoms. The molecule has 3 aromatic rings. The fourth-order valence-electron chi connectivity index (χ4n) is 3.66. The molecule has 4 rings (SSSR count). The molecule has 31 heavy (non-hydrogen) atoms. The summed E-state index contributed by atoms with van der Waals surface area (Å²) in [6.45, 7) is 3.29. The van der Waals surface area contributed by atoms with E-state index in [9.17, 15) is 14.0 Å². The van der Waals surface area contributed by atoms with Crippen LogP contribution >= 0.6 is 11.3 Å². The first-order chi connectivity index (χ1) is 15.1. The minimum Gasteiger partial charge on any atom is -0.366 e. The van der Waals surface area contributed by atoms with Crippen LogP contribution in [-0.2, 0) is 22.6 Å². The molecule has 0 unspecified atom stereocenters. The number of imide groups is 1. The maximum atomic E-state index is 13.4. The Morgan fingerprint density at radius 1 is 1.00 bits per heavy atom. The van der Waals surface area contributed by atoms with Gasteiger partial charge in [-0.15, -0.1) is 11.3 Å². The van der Waals surface area contributed by atoms with Crippen molar-refractivity contribution in [2.24, 2.45) is 0 Å². The molecule has 1 aromatic carbocycles. The van der Waals surface area contributed by atoms with E-state index in [0.717, 1.165) is 16.9 Å². The number of carbonyl (C=O) groups excluding carboxylic acids is 2. The monoisotopic (exact) mass is 435 g/mol. The third kappa shape index (κ3) is 4.41. The van der Waals surface area contributed by atoms with Crippen LogP contribution in [-0.4, -0.2) is 39.7 Å². The number of benzene rings is 1. The van der Waals surface area contributed by atoms with E-state index in [0.29, 0.717) is 29.9 Å². The summed E-state index contributed by atoms with van der Waals surface area (Å²) in [4.78, 5) is 34.8. The highest BCUT2D eigenvalue weighted by molar-refractivity contribution is 7.11. The van der Waals surface area contributed by atoms with Gasteiger partial charge in [0.1, 0.15) is 11.5 Å². The van der Waals surface area contributed by atoms with Crippen LogP contribution in [0, 0.1) is 5.82 Å². The van der Waals surface area contributed by atoms with Crippen molar-refractivity contribution in [3.05, 3.63) is 93.8 Å². The first kappa shape index (κ1) is 20.9. The first-order valence-corrected chi connectivity index (χ1v) is 11.0. The molecule has 0 spiro atoms. The predicted octanol–water partition coefficient (Wildman–Crippen LogP) is 4.13. The van der Waals surface area contributed by atoms with Crippen molar-refractivity contribution in [1.82, 2.24) is 14.8 Å². The van der Waals surface area contributed by atoms with Gasteiger partial charge >= 0.3 is 0 Å². The lowest BCUT2D eigenvalue weighted by Crippen LogP contribution is -2.35. The fourth-order valence-corrected chi connectivity index (χ4v) is 4.42. The summed E-state index contributed by atoms with van der Waals surface area (Å²) in [5.74, 6) is -0.974. The van der Waals surface area contributed by atoms with Gasteiger partial charge in [0.25, 0.3) is 11.8 Å². The van der Waals surface area contributed by atoms with Crippen LogP contribution in [0.3, 0.4) is 0 Å². The number of aromatic nitrogens is 1. The Labute approximate surface area is 184 Å². The lowest BCUT2D eigenvalue weighted by atomic mass is 10.1. The number of pyridine rings is 1. The number of hydrogen-bond donors (Lipinski definition) is 0. The second-order valence-electron chi connectivity index (χ2n) is 7.21. The highest BCUT2D eigenvalue weighted by Crippen LogP contribution is 2.34. The maximum absolute atomic E-state index is 13.4. The lowest BCUT2D eigenvalue weighted by molar-refractivity contribution is -0.138. The van der Waals surface area contributed by atoms with Crippen molar-refractivity contribution in [3.63, 3.8) is 0 Å². The van der Waals surface area contributed by atoms with Gasteiger partial charge in [-0.1, -0.05) is 18.2 Å². The van der Waals surface area contributed by atoms with Crippen LogP contribution in [0.2, 0.25) is 0 Å². The summed E-state index contributed by atoms with van der Waals surface area (Å²) in [5, 5.41) is 1.90. The van der Waals surface area contributed by atoms with E-state index in [4.69, 9.17) is 0 Å². The Morgan fingerprint density at radius 3 is 2.39 bits per heavy atom. The molecule has 3 heterocycles. The molecule has 0 atom stereocenters. The zero-order chi connectivity index (χ0) is 21.8. The molecule has 1 aliphatic heterocycles. The van der Waals surface area contributed by atoms with Gasteiger partial charge in [-0.3, -0.25) is 19.5 Å². The Morgan fingerprint density at radius 2 is 1.74 bits per heavy atom. The SMILES string of the molecule is CCN(CCc1ccncc1)C1=C(c2cccs2)C(=O)N(Cc2ccc(F)cc2)C1=O. The zero-order valence-electron chi connectivity index (χ0n) is 17.1. The van der Waals surface area contributed by atoms with Crippen LogP contribution < -0.4 is 0 Å². The van der Waals surface area contributed by atoms with Gasteiger partial charge in [-0.2, -0.15) is 0 Å². The fraction of sp³-hybridized carbons (Fsp3) is 0.208. The molecule has 158 valence electrons. The van der Waals surface area contributed by atoms with Gasteiger partial charge < -0.3 is 4.90 Å². The van der Waals surface area contributed by atoms with Gasteiger partial charge in [0, 0.05) is 30.4 Å². The van der Waals surface area contributed by atoms with Crippen LogP contribution in [0.25, 0.3) is 5.57 Å². The van der Waals surface area contributed by atoms with Crippen LogP contribution in [0.5, 0.6) is 0 Å². The number of likely N-dealkylation sites (N-methyl/N-ethyl adjacent to an activating group) is 1.